The van der Waals surface area contributed by atoms with E-state index in [1.165, 1.54) is 0 Å². The largest absolute Gasteiger partial charge is 0.497 e. The summed E-state index contributed by atoms with van der Waals surface area (Å²) in [5.74, 6) is 2.68. The number of fused-ring (bicyclic) bond motifs is 1. The molecule has 3 aromatic rings. The number of amides is 1. The number of hydrogen-bond acceptors (Lipinski definition) is 4. The van der Waals surface area contributed by atoms with E-state index in [-0.39, 0.29) is 5.91 Å². The molecule has 6 heteroatoms. The Morgan fingerprint density at radius 3 is 2.79 bits per heavy atom. The fourth-order valence-corrected chi connectivity index (χ4v) is 3.30. The molecule has 0 saturated heterocycles. The van der Waals surface area contributed by atoms with Crippen molar-refractivity contribution < 1.29 is 14.3 Å². The zero-order chi connectivity index (χ0) is 20.5. The first-order chi connectivity index (χ1) is 14.2. The number of aromatic nitrogens is 2. The summed E-state index contributed by atoms with van der Waals surface area (Å²) >= 11 is 0. The molecule has 1 aromatic heterocycles. The molecule has 0 aliphatic heterocycles. The second kappa shape index (κ2) is 10.5. The highest BCUT2D eigenvalue weighted by atomic mass is 16.5. The first kappa shape index (κ1) is 20.7. The Morgan fingerprint density at radius 2 is 1.97 bits per heavy atom. The number of methoxy groups -OCH3 is 1. The van der Waals surface area contributed by atoms with Crippen LogP contribution in [0.4, 0.5) is 0 Å². The van der Waals surface area contributed by atoms with Crippen LogP contribution in [0.1, 0.15) is 32.0 Å². The summed E-state index contributed by atoms with van der Waals surface area (Å²) in [5.41, 5.74) is 2.10. The summed E-state index contributed by atoms with van der Waals surface area (Å²) in [5, 5.41) is 2.97. The van der Waals surface area contributed by atoms with Crippen molar-refractivity contribution in [1.82, 2.24) is 14.9 Å². The molecular weight excluding hydrogens is 366 g/mol. The number of imidazole rings is 1. The van der Waals surface area contributed by atoms with E-state index in [9.17, 15) is 4.79 Å². The summed E-state index contributed by atoms with van der Waals surface area (Å²) in [4.78, 5) is 16.5. The second-order valence-electron chi connectivity index (χ2n) is 6.90. The molecule has 154 valence electrons. The standard InChI is InChI=1S/C23H29N3O3/c1-3-8-23(27)24-14-13-22-25-20-11-4-5-12-21(20)26(22)15-7-16-29-19-10-6-9-18(17-19)28-2/h4-6,9-12,17H,3,7-8,13-16H2,1-2H3,(H,24,27). The molecule has 0 bridgehead atoms. The minimum atomic E-state index is 0.0989. The van der Waals surface area contributed by atoms with Crippen LogP contribution in [0.25, 0.3) is 11.0 Å². The van der Waals surface area contributed by atoms with Gasteiger partial charge in [-0.2, -0.15) is 0 Å². The Balaban J connectivity index is 1.60. The van der Waals surface area contributed by atoms with Crippen molar-refractivity contribution in [1.29, 1.82) is 0 Å². The molecule has 0 fully saturated rings. The van der Waals surface area contributed by atoms with Gasteiger partial charge in [0, 0.05) is 32.0 Å². The van der Waals surface area contributed by atoms with E-state index in [2.05, 4.69) is 16.0 Å². The first-order valence-electron chi connectivity index (χ1n) is 10.2. The van der Waals surface area contributed by atoms with Gasteiger partial charge in [-0.05, 0) is 37.1 Å². The van der Waals surface area contributed by atoms with Crippen LogP contribution in [-0.2, 0) is 17.8 Å². The van der Waals surface area contributed by atoms with Crippen LogP contribution in [0.5, 0.6) is 11.5 Å². The highest BCUT2D eigenvalue weighted by molar-refractivity contribution is 5.76. The van der Waals surface area contributed by atoms with Gasteiger partial charge in [-0.1, -0.05) is 25.1 Å². The van der Waals surface area contributed by atoms with Gasteiger partial charge in [-0.3, -0.25) is 4.79 Å². The van der Waals surface area contributed by atoms with Crippen LogP contribution in [0.15, 0.2) is 48.5 Å². The van der Waals surface area contributed by atoms with Crippen molar-refractivity contribution in [3.05, 3.63) is 54.4 Å². The maximum atomic E-state index is 11.7. The number of rotatable bonds is 11. The van der Waals surface area contributed by atoms with Gasteiger partial charge in [0.25, 0.3) is 0 Å². The van der Waals surface area contributed by atoms with Crippen molar-refractivity contribution in [3.8, 4) is 11.5 Å². The van der Waals surface area contributed by atoms with Crippen LogP contribution >= 0.6 is 0 Å². The monoisotopic (exact) mass is 395 g/mol. The minimum absolute atomic E-state index is 0.0989. The topological polar surface area (TPSA) is 65.4 Å². The van der Waals surface area contributed by atoms with E-state index in [4.69, 9.17) is 14.5 Å². The molecule has 2 aromatic carbocycles. The maximum absolute atomic E-state index is 11.7. The average Bonchev–Trinajstić information content (AvgIpc) is 3.09. The number of carbonyl (C=O) groups excluding carboxylic acids is 1. The van der Waals surface area contributed by atoms with Crippen LogP contribution in [0, 0.1) is 0 Å². The van der Waals surface area contributed by atoms with Crippen LogP contribution in [0.2, 0.25) is 0 Å². The molecule has 1 N–H and O–H groups in total. The van der Waals surface area contributed by atoms with E-state index in [0.29, 0.717) is 26.0 Å². The third kappa shape index (κ3) is 5.73. The molecule has 0 atom stereocenters. The summed E-state index contributed by atoms with van der Waals surface area (Å²) in [6, 6.07) is 15.8. The molecule has 1 heterocycles. The molecule has 1 amide bonds. The van der Waals surface area contributed by atoms with Gasteiger partial charge in [0.1, 0.15) is 17.3 Å². The van der Waals surface area contributed by atoms with Gasteiger partial charge in [-0.25, -0.2) is 4.98 Å². The molecule has 0 saturated carbocycles. The van der Waals surface area contributed by atoms with Gasteiger partial charge < -0.3 is 19.4 Å². The number of hydrogen-bond donors (Lipinski definition) is 1. The minimum Gasteiger partial charge on any atom is -0.497 e. The number of para-hydroxylation sites is 2. The zero-order valence-electron chi connectivity index (χ0n) is 17.2. The molecule has 0 radical (unpaired) electrons. The SMILES string of the molecule is CCCC(=O)NCCc1nc2ccccc2n1CCCOc1cccc(OC)c1. The number of nitrogens with one attached hydrogen (secondary N) is 1. The number of ether oxygens (including phenoxy) is 2. The van der Waals surface area contributed by atoms with Crippen molar-refractivity contribution in [2.24, 2.45) is 0 Å². The Kier molecular flexibility index (Phi) is 7.50. The lowest BCUT2D eigenvalue weighted by Crippen LogP contribution is -2.26. The van der Waals surface area contributed by atoms with E-state index in [1.807, 2.05) is 49.4 Å². The van der Waals surface area contributed by atoms with E-state index in [0.717, 1.165) is 47.7 Å². The number of carbonyl (C=O) groups is 1. The predicted octanol–water partition coefficient (Wildman–Crippen LogP) is 3.97. The molecule has 29 heavy (non-hydrogen) atoms. The van der Waals surface area contributed by atoms with Crippen LogP contribution in [0.3, 0.4) is 0 Å². The molecule has 6 nitrogen and oxygen atoms in total. The lowest BCUT2D eigenvalue weighted by atomic mass is 10.3. The first-order valence-corrected chi connectivity index (χ1v) is 10.2. The summed E-state index contributed by atoms with van der Waals surface area (Å²) in [6.45, 7) is 4.02. The second-order valence-corrected chi connectivity index (χ2v) is 6.90. The summed E-state index contributed by atoms with van der Waals surface area (Å²) in [6.07, 6.45) is 2.99. The molecule has 3 rings (SSSR count). The summed E-state index contributed by atoms with van der Waals surface area (Å²) in [7, 11) is 1.65. The maximum Gasteiger partial charge on any atom is 0.219 e. The van der Waals surface area contributed by atoms with E-state index >= 15 is 0 Å². The van der Waals surface area contributed by atoms with E-state index < -0.39 is 0 Å². The van der Waals surface area contributed by atoms with Crippen LogP contribution < -0.4 is 14.8 Å². The van der Waals surface area contributed by atoms with Gasteiger partial charge in [-0.15, -0.1) is 0 Å². The Hall–Kier alpha value is -3.02. The van der Waals surface area contributed by atoms with Crippen molar-refractivity contribution in [3.63, 3.8) is 0 Å². The fourth-order valence-electron chi connectivity index (χ4n) is 3.30. The quantitative estimate of drug-likeness (QED) is 0.499. The van der Waals surface area contributed by atoms with Gasteiger partial charge in [0.15, 0.2) is 0 Å². The normalized spacial score (nSPS) is 10.8. The zero-order valence-corrected chi connectivity index (χ0v) is 17.2. The highest BCUT2D eigenvalue weighted by Crippen LogP contribution is 2.20. The third-order valence-electron chi connectivity index (χ3n) is 4.72. The molecule has 0 unspecified atom stereocenters. The molecule has 0 aliphatic rings. The summed E-state index contributed by atoms with van der Waals surface area (Å²) < 4.78 is 13.3. The number of nitrogens with zero attached hydrogens (tertiary/aromatic N) is 2. The van der Waals surface area contributed by atoms with Gasteiger partial charge in [0.2, 0.25) is 5.91 Å². The lowest BCUT2D eigenvalue weighted by Gasteiger charge is -2.11. The van der Waals surface area contributed by atoms with Crippen molar-refractivity contribution >= 4 is 16.9 Å². The molecule has 0 aliphatic carbocycles. The number of aryl methyl sites for hydroxylation is 1. The van der Waals surface area contributed by atoms with Crippen molar-refractivity contribution in [2.45, 2.75) is 39.2 Å². The van der Waals surface area contributed by atoms with Crippen molar-refractivity contribution in [2.75, 3.05) is 20.3 Å². The van der Waals surface area contributed by atoms with Gasteiger partial charge >= 0.3 is 0 Å². The third-order valence-corrected chi connectivity index (χ3v) is 4.72. The number of benzene rings is 2. The molecular formula is C23H29N3O3. The Morgan fingerprint density at radius 1 is 1.14 bits per heavy atom. The fraction of sp³-hybridized carbons (Fsp3) is 0.391. The highest BCUT2D eigenvalue weighted by Gasteiger charge is 2.11. The predicted molar refractivity (Wildman–Crippen MR) is 114 cm³/mol. The smallest absolute Gasteiger partial charge is 0.219 e. The Labute approximate surface area is 171 Å². The van der Waals surface area contributed by atoms with Crippen LogP contribution in [-0.4, -0.2) is 35.7 Å². The van der Waals surface area contributed by atoms with Gasteiger partial charge in [0.05, 0.1) is 24.8 Å². The lowest BCUT2D eigenvalue weighted by molar-refractivity contribution is -0.121. The van der Waals surface area contributed by atoms with E-state index in [1.54, 1.807) is 7.11 Å². The Bertz CT molecular complexity index is 936. The molecule has 0 spiro atoms. The average molecular weight is 396 g/mol.